The van der Waals surface area contributed by atoms with E-state index < -0.39 is 0 Å². The summed E-state index contributed by atoms with van der Waals surface area (Å²) in [6.45, 7) is 9.91. The van der Waals surface area contributed by atoms with Crippen molar-refractivity contribution in [1.82, 2.24) is 15.5 Å². The lowest BCUT2D eigenvalue weighted by Gasteiger charge is -2.25. The smallest absolute Gasteiger partial charge is 0.191 e. The molecule has 4 heteroatoms. The molecule has 1 aliphatic carbocycles. The molecule has 116 valence electrons. The molecule has 1 saturated carbocycles. The van der Waals surface area contributed by atoms with Crippen LogP contribution in [0.15, 0.2) is 4.99 Å². The zero-order chi connectivity index (χ0) is 14.2. The molecular weight excluding hydrogens is 248 g/mol. The van der Waals surface area contributed by atoms with E-state index in [1.165, 1.54) is 51.6 Å². The molecule has 0 aromatic rings. The van der Waals surface area contributed by atoms with Crippen LogP contribution in [0, 0.1) is 5.92 Å². The van der Waals surface area contributed by atoms with Gasteiger partial charge in [0.25, 0.3) is 0 Å². The van der Waals surface area contributed by atoms with Gasteiger partial charge in [0.2, 0.25) is 0 Å². The van der Waals surface area contributed by atoms with E-state index in [2.05, 4.69) is 29.4 Å². The maximum absolute atomic E-state index is 4.74. The predicted octanol–water partition coefficient (Wildman–Crippen LogP) is 2.22. The summed E-state index contributed by atoms with van der Waals surface area (Å²) in [6.07, 6.45) is 8.11. The quantitative estimate of drug-likeness (QED) is 0.555. The molecule has 2 unspecified atom stereocenters. The number of rotatable bonds is 7. The number of likely N-dealkylation sites (tertiary alicyclic amines) is 1. The number of nitrogens with zero attached hydrogens (tertiary/aromatic N) is 2. The van der Waals surface area contributed by atoms with Gasteiger partial charge in [0.15, 0.2) is 5.96 Å². The lowest BCUT2D eigenvalue weighted by atomic mass is 10.1. The Labute approximate surface area is 124 Å². The lowest BCUT2D eigenvalue weighted by molar-refractivity contribution is 0.235. The van der Waals surface area contributed by atoms with Crippen molar-refractivity contribution in [2.75, 3.05) is 32.7 Å². The van der Waals surface area contributed by atoms with E-state index in [0.717, 1.165) is 31.5 Å². The number of hydrogen-bond donors (Lipinski definition) is 2. The maximum atomic E-state index is 4.74. The standard InChI is InChI=1S/C16H32N4/c1-3-8-14-13-15(14)19-16(17-4-2)18-9-12-20-10-6-5-7-11-20/h14-15H,3-13H2,1-2H3,(H2,17,18,19). The molecule has 0 aromatic heterocycles. The third-order valence-electron chi connectivity index (χ3n) is 4.38. The average molecular weight is 280 g/mol. The molecule has 1 aliphatic heterocycles. The summed E-state index contributed by atoms with van der Waals surface area (Å²) in [5.41, 5.74) is 0. The maximum Gasteiger partial charge on any atom is 0.191 e. The second kappa shape index (κ2) is 8.50. The average Bonchev–Trinajstić information content (AvgIpc) is 3.18. The van der Waals surface area contributed by atoms with Gasteiger partial charge in [0.05, 0.1) is 6.54 Å². The highest BCUT2D eigenvalue weighted by atomic mass is 15.2. The van der Waals surface area contributed by atoms with E-state index in [9.17, 15) is 0 Å². The van der Waals surface area contributed by atoms with Gasteiger partial charge in [-0.15, -0.1) is 0 Å². The van der Waals surface area contributed by atoms with Crippen LogP contribution in [0.4, 0.5) is 0 Å². The predicted molar refractivity (Wildman–Crippen MR) is 86.2 cm³/mol. The van der Waals surface area contributed by atoms with Crippen molar-refractivity contribution in [3.63, 3.8) is 0 Å². The van der Waals surface area contributed by atoms with Crippen LogP contribution in [0.2, 0.25) is 0 Å². The summed E-state index contributed by atoms with van der Waals surface area (Å²) >= 11 is 0. The SMILES string of the molecule is CCCC1CC1NC(=NCCN1CCCCC1)NCC. The van der Waals surface area contributed by atoms with Crippen LogP contribution in [-0.4, -0.2) is 49.6 Å². The van der Waals surface area contributed by atoms with Crippen molar-refractivity contribution in [3.8, 4) is 0 Å². The lowest BCUT2D eigenvalue weighted by Crippen LogP contribution is -2.40. The van der Waals surface area contributed by atoms with Crippen LogP contribution in [0.1, 0.15) is 52.4 Å². The fourth-order valence-electron chi connectivity index (χ4n) is 3.10. The Morgan fingerprint density at radius 3 is 2.70 bits per heavy atom. The van der Waals surface area contributed by atoms with Crippen molar-refractivity contribution in [1.29, 1.82) is 0 Å². The summed E-state index contributed by atoms with van der Waals surface area (Å²) in [4.78, 5) is 7.28. The Bertz CT molecular complexity index is 297. The normalized spacial score (nSPS) is 27.4. The van der Waals surface area contributed by atoms with Gasteiger partial charge in [0, 0.05) is 19.1 Å². The summed E-state index contributed by atoms with van der Waals surface area (Å²) in [6, 6.07) is 0.669. The van der Waals surface area contributed by atoms with Crippen LogP contribution in [0.3, 0.4) is 0 Å². The first kappa shape index (κ1) is 15.6. The van der Waals surface area contributed by atoms with E-state index in [-0.39, 0.29) is 0 Å². The van der Waals surface area contributed by atoms with E-state index >= 15 is 0 Å². The molecule has 2 N–H and O–H groups in total. The van der Waals surface area contributed by atoms with Gasteiger partial charge in [-0.2, -0.15) is 0 Å². The second-order valence-electron chi connectivity index (χ2n) is 6.20. The van der Waals surface area contributed by atoms with Crippen molar-refractivity contribution < 1.29 is 0 Å². The van der Waals surface area contributed by atoms with Crippen LogP contribution in [0.25, 0.3) is 0 Å². The Morgan fingerprint density at radius 1 is 1.20 bits per heavy atom. The van der Waals surface area contributed by atoms with E-state index in [0.29, 0.717) is 6.04 Å². The number of guanidine groups is 1. The third kappa shape index (κ3) is 5.31. The van der Waals surface area contributed by atoms with Gasteiger partial charge >= 0.3 is 0 Å². The van der Waals surface area contributed by atoms with Crippen LogP contribution in [0.5, 0.6) is 0 Å². The molecule has 0 amide bonds. The molecule has 2 aliphatic rings. The van der Waals surface area contributed by atoms with Crippen LogP contribution >= 0.6 is 0 Å². The second-order valence-corrected chi connectivity index (χ2v) is 6.20. The van der Waals surface area contributed by atoms with Gasteiger partial charge in [-0.3, -0.25) is 4.99 Å². The summed E-state index contributed by atoms with van der Waals surface area (Å²) < 4.78 is 0. The minimum Gasteiger partial charge on any atom is -0.357 e. The molecule has 2 fully saturated rings. The van der Waals surface area contributed by atoms with Gasteiger partial charge in [0.1, 0.15) is 0 Å². The highest BCUT2D eigenvalue weighted by Crippen LogP contribution is 2.34. The fraction of sp³-hybridized carbons (Fsp3) is 0.938. The summed E-state index contributed by atoms with van der Waals surface area (Å²) in [5, 5.41) is 6.96. The Morgan fingerprint density at radius 2 is 2.00 bits per heavy atom. The molecule has 4 nitrogen and oxygen atoms in total. The molecular formula is C16H32N4. The molecule has 0 radical (unpaired) electrons. The fourth-order valence-corrected chi connectivity index (χ4v) is 3.10. The zero-order valence-corrected chi connectivity index (χ0v) is 13.3. The molecule has 2 atom stereocenters. The highest BCUT2D eigenvalue weighted by Gasteiger charge is 2.36. The van der Waals surface area contributed by atoms with Gasteiger partial charge in [-0.05, 0) is 51.6 Å². The highest BCUT2D eigenvalue weighted by molar-refractivity contribution is 5.80. The molecule has 1 heterocycles. The number of aliphatic imine (C=N–C) groups is 1. The molecule has 2 rings (SSSR count). The minimum absolute atomic E-state index is 0.669. The zero-order valence-electron chi connectivity index (χ0n) is 13.3. The topological polar surface area (TPSA) is 39.7 Å². The van der Waals surface area contributed by atoms with Gasteiger partial charge in [-0.25, -0.2) is 0 Å². The van der Waals surface area contributed by atoms with Crippen molar-refractivity contribution in [3.05, 3.63) is 0 Å². The van der Waals surface area contributed by atoms with E-state index in [1.807, 2.05) is 0 Å². The first-order valence-electron chi connectivity index (χ1n) is 8.60. The Hall–Kier alpha value is -0.770. The van der Waals surface area contributed by atoms with Crippen molar-refractivity contribution in [2.24, 2.45) is 10.9 Å². The number of nitrogens with one attached hydrogen (secondary N) is 2. The Kier molecular flexibility index (Phi) is 6.64. The Balaban J connectivity index is 1.68. The number of hydrogen-bond acceptors (Lipinski definition) is 2. The molecule has 0 aromatic carbocycles. The van der Waals surface area contributed by atoms with Crippen molar-refractivity contribution >= 4 is 5.96 Å². The molecule has 1 saturated heterocycles. The number of piperidine rings is 1. The third-order valence-corrected chi connectivity index (χ3v) is 4.38. The minimum atomic E-state index is 0.669. The van der Waals surface area contributed by atoms with Crippen LogP contribution < -0.4 is 10.6 Å². The summed E-state index contributed by atoms with van der Waals surface area (Å²) in [7, 11) is 0. The van der Waals surface area contributed by atoms with E-state index in [4.69, 9.17) is 4.99 Å². The molecule has 0 bridgehead atoms. The molecule has 20 heavy (non-hydrogen) atoms. The van der Waals surface area contributed by atoms with Gasteiger partial charge in [-0.1, -0.05) is 19.8 Å². The summed E-state index contributed by atoms with van der Waals surface area (Å²) in [5.74, 6) is 1.90. The largest absolute Gasteiger partial charge is 0.357 e. The van der Waals surface area contributed by atoms with Gasteiger partial charge < -0.3 is 15.5 Å². The first-order chi connectivity index (χ1) is 9.83. The van der Waals surface area contributed by atoms with Crippen LogP contribution in [-0.2, 0) is 0 Å². The first-order valence-corrected chi connectivity index (χ1v) is 8.60. The van der Waals surface area contributed by atoms with Crippen molar-refractivity contribution in [2.45, 2.75) is 58.4 Å². The van der Waals surface area contributed by atoms with E-state index in [1.54, 1.807) is 0 Å². The molecule has 0 spiro atoms. The monoisotopic (exact) mass is 280 g/mol.